The molecule has 1 N–H and O–H groups in total. The first-order valence-electron chi connectivity index (χ1n) is 6.12. The summed E-state index contributed by atoms with van der Waals surface area (Å²) in [5, 5.41) is 2.95. The third-order valence-corrected chi connectivity index (χ3v) is 2.91. The lowest BCUT2D eigenvalue weighted by Gasteiger charge is -2.12. The van der Waals surface area contributed by atoms with Crippen molar-refractivity contribution in [3.8, 4) is 0 Å². The Balaban J connectivity index is 2.39. The number of nitrogens with one attached hydrogen (secondary N) is 1. The van der Waals surface area contributed by atoms with E-state index in [9.17, 15) is 13.2 Å². The van der Waals surface area contributed by atoms with Gasteiger partial charge in [-0.3, -0.25) is 0 Å². The molecule has 0 atom stereocenters. The summed E-state index contributed by atoms with van der Waals surface area (Å²) in [6, 6.07) is 3.76. The fourth-order valence-corrected chi connectivity index (χ4v) is 2.00. The molecule has 0 radical (unpaired) electrons. The number of methoxy groups -OCH3 is 1. The summed E-state index contributed by atoms with van der Waals surface area (Å²) < 4.78 is 48.4. The van der Waals surface area contributed by atoms with Crippen molar-refractivity contribution in [2.24, 2.45) is 0 Å². The minimum Gasteiger partial charge on any atom is -0.385 e. The van der Waals surface area contributed by atoms with Gasteiger partial charge in [-0.1, -0.05) is 15.9 Å². The van der Waals surface area contributed by atoms with Gasteiger partial charge in [0.25, 0.3) is 0 Å². The first-order valence-corrected chi connectivity index (χ1v) is 6.91. The number of rotatable bonds is 8. The van der Waals surface area contributed by atoms with Gasteiger partial charge in [0.05, 0.1) is 18.8 Å². The van der Waals surface area contributed by atoms with Gasteiger partial charge in [-0.2, -0.15) is 13.2 Å². The molecule has 20 heavy (non-hydrogen) atoms. The van der Waals surface area contributed by atoms with Crippen LogP contribution in [0, 0.1) is 0 Å². The minimum absolute atomic E-state index is 0.395. The molecule has 0 saturated heterocycles. The lowest BCUT2D eigenvalue weighted by Crippen LogP contribution is -2.10. The van der Waals surface area contributed by atoms with E-state index in [1.807, 2.05) is 0 Å². The van der Waals surface area contributed by atoms with Crippen molar-refractivity contribution in [3.63, 3.8) is 0 Å². The zero-order valence-electron chi connectivity index (χ0n) is 11.1. The average molecular weight is 356 g/mol. The molecule has 114 valence electrons. The normalized spacial score (nSPS) is 11.7. The number of halogens is 4. The van der Waals surface area contributed by atoms with Crippen molar-refractivity contribution in [1.29, 1.82) is 0 Å². The van der Waals surface area contributed by atoms with Gasteiger partial charge in [0.15, 0.2) is 0 Å². The van der Waals surface area contributed by atoms with Crippen LogP contribution in [0.1, 0.15) is 12.0 Å². The standard InChI is InChI=1S/C13H17BrF3NO2/c1-19-5-6-20-4-2-3-18-12-8-10(13(15,16)17)7-11(14)9-12/h7-9,18H,2-6H2,1H3. The fourth-order valence-electron chi connectivity index (χ4n) is 1.51. The zero-order chi connectivity index (χ0) is 15.0. The monoisotopic (exact) mass is 355 g/mol. The quantitative estimate of drug-likeness (QED) is 0.716. The Labute approximate surface area is 124 Å². The van der Waals surface area contributed by atoms with Gasteiger partial charge in [-0.15, -0.1) is 0 Å². The third kappa shape index (κ3) is 6.58. The summed E-state index contributed by atoms with van der Waals surface area (Å²) in [4.78, 5) is 0. The highest BCUT2D eigenvalue weighted by atomic mass is 79.9. The molecule has 0 spiro atoms. The molecule has 0 heterocycles. The summed E-state index contributed by atoms with van der Waals surface area (Å²) in [6.45, 7) is 2.14. The Morgan fingerprint density at radius 2 is 1.90 bits per heavy atom. The minimum atomic E-state index is -4.34. The number of hydrogen-bond donors (Lipinski definition) is 1. The molecular formula is C13H17BrF3NO2. The van der Waals surface area contributed by atoms with Gasteiger partial charge in [0.2, 0.25) is 0 Å². The molecule has 0 amide bonds. The number of ether oxygens (including phenoxy) is 2. The number of alkyl halides is 3. The molecule has 3 nitrogen and oxygen atoms in total. The van der Waals surface area contributed by atoms with Crippen LogP contribution in [0.25, 0.3) is 0 Å². The third-order valence-electron chi connectivity index (χ3n) is 2.45. The van der Waals surface area contributed by atoms with Crippen LogP contribution in [0.4, 0.5) is 18.9 Å². The lowest BCUT2D eigenvalue weighted by atomic mass is 10.2. The summed E-state index contributed by atoms with van der Waals surface area (Å²) in [5.41, 5.74) is -0.241. The van der Waals surface area contributed by atoms with Crippen LogP contribution in [-0.2, 0) is 15.7 Å². The van der Waals surface area contributed by atoms with E-state index in [1.165, 1.54) is 0 Å². The Bertz CT molecular complexity index is 413. The van der Waals surface area contributed by atoms with Crippen molar-refractivity contribution in [1.82, 2.24) is 0 Å². The van der Waals surface area contributed by atoms with E-state index in [-0.39, 0.29) is 0 Å². The Morgan fingerprint density at radius 3 is 2.55 bits per heavy atom. The molecule has 0 aromatic heterocycles. The van der Waals surface area contributed by atoms with E-state index in [4.69, 9.17) is 9.47 Å². The molecule has 0 bridgehead atoms. The van der Waals surface area contributed by atoms with Crippen molar-refractivity contribution >= 4 is 21.6 Å². The second kappa shape index (κ2) is 8.49. The van der Waals surface area contributed by atoms with Crippen molar-refractivity contribution in [3.05, 3.63) is 28.2 Å². The largest absolute Gasteiger partial charge is 0.416 e. The first-order chi connectivity index (χ1) is 9.43. The molecule has 0 aliphatic heterocycles. The van der Waals surface area contributed by atoms with E-state index in [0.29, 0.717) is 42.9 Å². The van der Waals surface area contributed by atoms with Crippen LogP contribution in [-0.4, -0.2) is 33.5 Å². The van der Waals surface area contributed by atoms with Crippen molar-refractivity contribution in [2.75, 3.05) is 38.8 Å². The van der Waals surface area contributed by atoms with Gasteiger partial charge < -0.3 is 14.8 Å². The van der Waals surface area contributed by atoms with Gasteiger partial charge in [0.1, 0.15) is 0 Å². The van der Waals surface area contributed by atoms with Gasteiger partial charge >= 0.3 is 6.18 Å². The molecule has 7 heteroatoms. The van der Waals surface area contributed by atoms with Gasteiger partial charge in [0, 0.05) is 30.4 Å². The second-order valence-electron chi connectivity index (χ2n) is 4.11. The van der Waals surface area contributed by atoms with E-state index in [2.05, 4.69) is 21.2 Å². The molecular weight excluding hydrogens is 339 g/mol. The SMILES string of the molecule is COCCOCCCNc1cc(Br)cc(C(F)(F)F)c1. The molecule has 0 aliphatic carbocycles. The van der Waals surface area contributed by atoms with Crippen LogP contribution in [0.2, 0.25) is 0 Å². The van der Waals surface area contributed by atoms with Crippen LogP contribution in [0.3, 0.4) is 0 Å². The highest BCUT2D eigenvalue weighted by Crippen LogP contribution is 2.33. The maximum atomic E-state index is 12.6. The summed E-state index contributed by atoms with van der Waals surface area (Å²) in [6.07, 6.45) is -3.64. The second-order valence-corrected chi connectivity index (χ2v) is 5.03. The molecule has 0 aliphatic rings. The average Bonchev–Trinajstić information content (AvgIpc) is 2.36. The van der Waals surface area contributed by atoms with Gasteiger partial charge in [-0.25, -0.2) is 0 Å². The fraction of sp³-hybridized carbons (Fsp3) is 0.538. The van der Waals surface area contributed by atoms with E-state index in [1.54, 1.807) is 13.2 Å². The summed E-state index contributed by atoms with van der Waals surface area (Å²) in [7, 11) is 1.59. The summed E-state index contributed by atoms with van der Waals surface area (Å²) >= 11 is 3.08. The molecule has 0 saturated carbocycles. The predicted molar refractivity (Wildman–Crippen MR) is 74.9 cm³/mol. The van der Waals surface area contributed by atoms with E-state index >= 15 is 0 Å². The molecule has 1 aromatic rings. The van der Waals surface area contributed by atoms with Crippen LogP contribution in [0.5, 0.6) is 0 Å². The van der Waals surface area contributed by atoms with Gasteiger partial charge in [-0.05, 0) is 24.6 Å². The van der Waals surface area contributed by atoms with Crippen molar-refractivity contribution < 1.29 is 22.6 Å². The number of hydrogen-bond acceptors (Lipinski definition) is 3. The number of benzene rings is 1. The summed E-state index contributed by atoms with van der Waals surface area (Å²) in [5.74, 6) is 0. The maximum absolute atomic E-state index is 12.6. The van der Waals surface area contributed by atoms with E-state index in [0.717, 1.165) is 12.1 Å². The molecule has 1 aromatic carbocycles. The van der Waals surface area contributed by atoms with Crippen molar-refractivity contribution in [2.45, 2.75) is 12.6 Å². The molecule has 0 unspecified atom stereocenters. The predicted octanol–water partition coefficient (Wildman–Crippen LogP) is 3.93. The molecule has 1 rings (SSSR count). The smallest absolute Gasteiger partial charge is 0.385 e. The number of anilines is 1. The Hall–Kier alpha value is -0.790. The zero-order valence-corrected chi connectivity index (χ0v) is 12.7. The highest BCUT2D eigenvalue weighted by Gasteiger charge is 2.31. The van der Waals surface area contributed by atoms with Crippen LogP contribution in [0.15, 0.2) is 22.7 Å². The molecule has 0 fully saturated rings. The lowest BCUT2D eigenvalue weighted by molar-refractivity contribution is -0.137. The van der Waals surface area contributed by atoms with Crippen LogP contribution >= 0.6 is 15.9 Å². The van der Waals surface area contributed by atoms with Crippen LogP contribution < -0.4 is 5.32 Å². The first kappa shape index (κ1) is 17.3. The highest BCUT2D eigenvalue weighted by molar-refractivity contribution is 9.10. The Morgan fingerprint density at radius 1 is 1.15 bits per heavy atom. The Kier molecular flexibility index (Phi) is 7.32. The van der Waals surface area contributed by atoms with E-state index < -0.39 is 11.7 Å². The maximum Gasteiger partial charge on any atom is 0.416 e. The topological polar surface area (TPSA) is 30.5 Å².